The van der Waals surface area contributed by atoms with Gasteiger partial charge in [-0.25, -0.2) is 0 Å². The Labute approximate surface area is 139 Å². The lowest BCUT2D eigenvalue weighted by molar-refractivity contribution is 0.961. The smallest absolute Gasteiger partial charge is 0.139 e. The van der Waals surface area contributed by atoms with E-state index in [0.29, 0.717) is 10.0 Å². The number of halogens is 3. The molecule has 6 heteroatoms. The summed E-state index contributed by atoms with van der Waals surface area (Å²) in [6.45, 7) is 1.73. The molecular formula is C13H9Cl2IN2S. The van der Waals surface area contributed by atoms with Crippen LogP contribution in [0.2, 0.25) is 10.0 Å². The van der Waals surface area contributed by atoms with E-state index < -0.39 is 0 Å². The number of nitrogens with one attached hydrogen (secondary N) is 1. The van der Waals surface area contributed by atoms with Gasteiger partial charge in [-0.05, 0) is 40.8 Å². The molecule has 0 fully saturated rings. The average molecular weight is 423 g/mol. The van der Waals surface area contributed by atoms with Crippen molar-refractivity contribution < 1.29 is 0 Å². The van der Waals surface area contributed by atoms with E-state index in [1.54, 1.807) is 17.4 Å². The fraction of sp³-hybridized carbons (Fsp3) is 0.154. The maximum Gasteiger partial charge on any atom is 0.139 e. The van der Waals surface area contributed by atoms with Crippen LogP contribution in [0.1, 0.15) is 4.88 Å². The summed E-state index contributed by atoms with van der Waals surface area (Å²) in [7, 11) is 0. The van der Waals surface area contributed by atoms with Gasteiger partial charge in [0.25, 0.3) is 0 Å². The van der Waals surface area contributed by atoms with Gasteiger partial charge >= 0.3 is 0 Å². The molecule has 2 aromatic rings. The van der Waals surface area contributed by atoms with Gasteiger partial charge in [0.1, 0.15) is 5.84 Å². The van der Waals surface area contributed by atoms with E-state index in [2.05, 4.69) is 39.0 Å². The van der Waals surface area contributed by atoms with Gasteiger partial charge in [-0.3, -0.25) is 4.99 Å². The minimum absolute atomic E-state index is 0.650. The highest BCUT2D eigenvalue weighted by atomic mass is 127. The molecule has 3 rings (SSSR count). The quantitative estimate of drug-likeness (QED) is 0.698. The van der Waals surface area contributed by atoms with Crippen molar-refractivity contribution in [1.29, 1.82) is 0 Å². The molecule has 0 atom stereocenters. The van der Waals surface area contributed by atoms with Crippen molar-refractivity contribution in [2.24, 2.45) is 4.99 Å². The van der Waals surface area contributed by atoms with Crippen molar-refractivity contribution in [2.45, 2.75) is 0 Å². The van der Waals surface area contributed by atoms with Crippen LogP contribution in [0.4, 0.5) is 0 Å². The van der Waals surface area contributed by atoms with Gasteiger partial charge in [-0.2, -0.15) is 0 Å². The van der Waals surface area contributed by atoms with Crippen LogP contribution < -0.4 is 5.32 Å². The molecule has 19 heavy (non-hydrogen) atoms. The Morgan fingerprint density at radius 3 is 2.74 bits per heavy atom. The van der Waals surface area contributed by atoms with E-state index in [-0.39, 0.29) is 0 Å². The topological polar surface area (TPSA) is 24.4 Å². The first-order valence-corrected chi connectivity index (χ1v) is 8.34. The Morgan fingerprint density at radius 1 is 1.21 bits per heavy atom. The minimum atomic E-state index is 0.650. The van der Waals surface area contributed by atoms with Crippen LogP contribution in [0, 0.1) is 2.88 Å². The van der Waals surface area contributed by atoms with Crippen molar-refractivity contribution in [3.8, 4) is 11.1 Å². The van der Waals surface area contributed by atoms with Gasteiger partial charge in [-0.15, -0.1) is 11.3 Å². The largest absolute Gasteiger partial charge is 0.367 e. The van der Waals surface area contributed by atoms with E-state index in [1.165, 1.54) is 2.88 Å². The standard InChI is InChI=1S/C13H9Cl2IN2S/c14-7-1-2-8(10(15)5-7)9-6-11(16)19-12(9)13-17-3-4-18-13/h1-2,5-6H,3-4H2,(H,17,18). The third-order valence-corrected chi connectivity index (χ3v) is 5.26. The average Bonchev–Trinajstić information content (AvgIpc) is 2.97. The van der Waals surface area contributed by atoms with E-state index in [4.69, 9.17) is 23.2 Å². The molecule has 1 aromatic heterocycles. The fourth-order valence-electron chi connectivity index (χ4n) is 1.99. The zero-order chi connectivity index (χ0) is 13.4. The molecule has 0 unspecified atom stereocenters. The van der Waals surface area contributed by atoms with Crippen molar-refractivity contribution in [1.82, 2.24) is 5.32 Å². The van der Waals surface area contributed by atoms with Crippen molar-refractivity contribution in [3.05, 3.63) is 42.1 Å². The summed E-state index contributed by atoms with van der Waals surface area (Å²) in [4.78, 5) is 5.64. The molecule has 0 amide bonds. The van der Waals surface area contributed by atoms with Crippen LogP contribution in [0.3, 0.4) is 0 Å². The van der Waals surface area contributed by atoms with Crippen molar-refractivity contribution >= 4 is 63.0 Å². The van der Waals surface area contributed by atoms with Crippen LogP contribution in [0.15, 0.2) is 29.3 Å². The molecule has 2 heterocycles. The fourth-order valence-corrected chi connectivity index (χ4v) is 4.36. The highest BCUT2D eigenvalue weighted by Crippen LogP contribution is 2.37. The molecule has 2 nitrogen and oxygen atoms in total. The van der Waals surface area contributed by atoms with Gasteiger partial charge in [0.2, 0.25) is 0 Å². The summed E-state index contributed by atoms with van der Waals surface area (Å²) >= 11 is 16.3. The maximum atomic E-state index is 6.31. The monoisotopic (exact) mass is 422 g/mol. The number of hydrogen-bond acceptors (Lipinski definition) is 3. The van der Waals surface area contributed by atoms with Gasteiger partial charge in [-0.1, -0.05) is 29.3 Å². The van der Waals surface area contributed by atoms with Crippen molar-refractivity contribution in [2.75, 3.05) is 13.1 Å². The summed E-state index contributed by atoms with van der Waals surface area (Å²) in [6, 6.07) is 7.73. The molecule has 98 valence electrons. The number of rotatable bonds is 2. The lowest BCUT2D eigenvalue weighted by Gasteiger charge is -2.07. The lowest BCUT2D eigenvalue weighted by atomic mass is 10.1. The zero-order valence-corrected chi connectivity index (χ0v) is 14.2. The number of hydrogen-bond donors (Lipinski definition) is 1. The second-order valence-corrected chi connectivity index (χ2v) is 7.86. The summed E-state index contributed by atoms with van der Waals surface area (Å²) in [6.07, 6.45) is 0. The Bertz CT molecular complexity index is 667. The highest BCUT2D eigenvalue weighted by Gasteiger charge is 2.19. The molecule has 0 saturated carbocycles. The second kappa shape index (κ2) is 5.60. The predicted octanol–water partition coefficient (Wildman–Crippen LogP) is 4.68. The first-order valence-electron chi connectivity index (χ1n) is 5.68. The molecule has 1 aromatic carbocycles. The van der Waals surface area contributed by atoms with Crippen LogP contribution in [0.25, 0.3) is 11.1 Å². The molecule has 0 saturated heterocycles. The number of benzene rings is 1. The first-order chi connectivity index (χ1) is 9.15. The van der Waals surface area contributed by atoms with E-state index in [1.807, 2.05) is 12.1 Å². The van der Waals surface area contributed by atoms with E-state index >= 15 is 0 Å². The highest BCUT2D eigenvalue weighted by molar-refractivity contribution is 14.1. The Morgan fingerprint density at radius 2 is 2.05 bits per heavy atom. The maximum absolute atomic E-state index is 6.31. The van der Waals surface area contributed by atoms with Crippen molar-refractivity contribution in [3.63, 3.8) is 0 Å². The van der Waals surface area contributed by atoms with Crippen LogP contribution >= 0.6 is 57.1 Å². The van der Waals surface area contributed by atoms with Crippen LogP contribution in [-0.4, -0.2) is 18.9 Å². The molecule has 0 spiro atoms. The SMILES string of the molecule is Clc1ccc(-c2cc(I)sc2C2=NCCN2)c(Cl)c1. The molecule has 0 aliphatic carbocycles. The number of nitrogens with zero attached hydrogens (tertiary/aromatic N) is 1. The molecule has 0 bridgehead atoms. The van der Waals surface area contributed by atoms with Gasteiger partial charge in [0, 0.05) is 27.7 Å². The van der Waals surface area contributed by atoms with Crippen LogP contribution in [0.5, 0.6) is 0 Å². The first kappa shape index (κ1) is 13.7. The summed E-state index contributed by atoms with van der Waals surface area (Å²) in [5.74, 6) is 0.967. The summed E-state index contributed by atoms with van der Waals surface area (Å²) in [5, 5.41) is 4.63. The van der Waals surface area contributed by atoms with Gasteiger partial charge in [0.15, 0.2) is 0 Å². The third kappa shape index (κ3) is 2.77. The molecule has 1 aliphatic rings. The second-order valence-electron chi connectivity index (χ2n) is 4.07. The zero-order valence-electron chi connectivity index (χ0n) is 9.71. The Hall–Kier alpha value is -0.300. The predicted molar refractivity (Wildman–Crippen MR) is 91.9 cm³/mol. The van der Waals surface area contributed by atoms with Crippen LogP contribution in [-0.2, 0) is 0 Å². The number of thiophene rings is 1. The molecular weight excluding hydrogens is 414 g/mol. The summed E-state index contributed by atoms with van der Waals surface area (Å²) in [5.41, 5.74) is 2.11. The lowest BCUT2D eigenvalue weighted by Crippen LogP contribution is -2.18. The molecule has 1 aliphatic heterocycles. The van der Waals surface area contributed by atoms with E-state index in [9.17, 15) is 0 Å². The summed E-state index contributed by atoms with van der Waals surface area (Å²) < 4.78 is 1.21. The Balaban J connectivity index is 2.14. The molecule has 1 N–H and O–H groups in total. The third-order valence-electron chi connectivity index (χ3n) is 2.81. The Kier molecular flexibility index (Phi) is 4.03. The minimum Gasteiger partial charge on any atom is -0.367 e. The van der Waals surface area contributed by atoms with E-state index in [0.717, 1.165) is 34.9 Å². The number of aliphatic imine (C=N–C) groups is 1. The van der Waals surface area contributed by atoms with Gasteiger partial charge in [0.05, 0.1) is 14.3 Å². The van der Waals surface area contributed by atoms with Gasteiger partial charge < -0.3 is 5.32 Å². The molecule has 0 radical (unpaired) electrons. The normalized spacial score (nSPS) is 14.4. The number of amidine groups is 1.